The van der Waals surface area contributed by atoms with Gasteiger partial charge < -0.3 is 4.98 Å². The molecule has 0 radical (unpaired) electrons. The maximum atomic E-state index is 12.4. The standard InChI is InChI=1S/C17H14ClN3O3S/c18-11-13-6-9-15(20-17(13)22)12-4-7-14(8-5-12)25(23,24)21-16-3-1-2-10-19-16/h1-10H,11H2,(H,19,21)(H,20,22). The van der Waals surface area contributed by atoms with Crippen molar-refractivity contribution >= 4 is 27.4 Å². The number of alkyl halides is 1. The van der Waals surface area contributed by atoms with Crippen LogP contribution in [-0.4, -0.2) is 18.4 Å². The van der Waals surface area contributed by atoms with Gasteiger partial charge in [-0.2, -0.15) is 0 Å². The molecule has 1 aromatic carbocycles. The Morgan fingerprint density at radius 2 is 1.80 bits per heavy atom. The van der Waals surface area contributed by atoms with E-state index in [1.165, 1.54) is 18.3 Å². The van der Waals surface area contributed by atoms with Crippen LogP contribution in [-0.2, 0) is 15.9 Å². The molecule has 25 heavy (non-hydrogen) atoms. The van der Waals surface area contributed by atoms with E-state index in [9.17, 15) is 13.2 Å². The molecule has 0 unspecified atom stereocenters. The van der Waals surface area contributed by atoms with Crippen LogP contribution in [0, 0.1) is 0 Å². The summed E-state index contributed by atoms with van der Waals surface area (Å²) in [5, 5.41) is 0. The Hall–Kier alpha value is -2.64. The highest BCUT2D eigenvalue weighted by Gasteiger charge is 2.14. The van der Waals surface area contributed by atoms with E-state index in [-0.39, 0.29) is 22.2 Å². The molecule has 3 aromatic rings. The molecule has 0 atom stereocenters. The minimum atomic E-state index is -3.73. The average Bonchev–Trinajstić information content (AvgIpc) is 2.62. The van der Waals surface area contributed by atoms with Gasteiger partial charge in [0.2, 0.25) is 0 Å². The number of H-pyrrole nitrogens is 1. The number of hydrogen-bond acceptors (Lipinski definition) is 4. The van der Waals surface area contributed by atoms with Gasteiger partial charge in [-0.1, -0.05) is 24.3 Å². The SMILES string of the molecule is O=c1[nH]c(-c2ccc(S(=O)(=O)Nc3ccccn3)cc2)ccc1CCl. The molecule has 128 valence electrons. The number of aromatic amines is 1. The highest BCUT2D eigenvalue weighted by Crippen LogP contribution is 2.20. The second-order valence-corrected chi connectivity index (χ2v) is 7.15. The van der Waals surface area contributed by atoms with Crippen molar-refractivity contribution < 1.29 is 8.42 Å². The largest absolute Gasteiger partial charge is 0.322 e. The maximum absolute atomic E-state index is 12.4. The normalized spacial score (nSPS) is 11.2. The Morgan fingerprint density at radius 1 is 1.04 bits per heavy atom. The number of pyridine rings is 2. The Bertz CT molecular complexity index is 1030. The third-order valence-corrected chi connectivity index (χ3v) is 5.17. The van der Waals surface area contributed by atoms with Crippen molar-refractivity contribution in [1.82, 2.24) is 9.97 Å². The van der Waals surface area contributed by atoms with Crippen molar-refractivity contribution in [2.24, 2.45) is 0 Å². The quantitative estimate of drug-likeness (QED) is 0.670. The molecule has 0 saturated carbocycles. The zero-order chi connectivity index (χ0) is 17.9. The first kappa shape index (κ1) is 17.2. The molecule has 0 amide bonds. The molecule has 0 fully saturated rings. The Balaban J connectivity index is 1.87. The summed E-state index contributed by atoms with van der Waals surface area (Å²) in [6.07, 6.45) is 1.50. The summed E-state index contributed by atoms with van der Waals surface area (Å²) < 4.78 is 27.1. The summed E-state index contributed by atoms with van der Waals surface area (Å²) in [7, 11) is -3.73. The number of nitrogens with zero attached hydrogens (tertiary/aromatic N) is 1. The first-order chi connectivity index (χ1) is 12.0. The topological polar surface area (TPSA) is 91.9 Å². The van der Waals surface area contributed by atoms with Gasteiger partial charge in [-0.05, 0) is 35.9 Å². The molecule has 8 heteroatoms. The second-order valence-electron chi connectivity index (χ2n) is 5.20. The Kier molecular flexibility index (Phi) is 4.87. The molecule has 2 N–H and O–H groups in total. The predicted molar refractivity (Wildman–Crippen MR) is 97.1 cm³/mol. The van der Waals surface area contributed by atoms with E-state index in [1.54, 1.807) is 42.5 Å². The van der Waals surface area contributed by atoms with Crippen LogP contribution in [0.2, 0.25) is 0 Å². The van der Waals surface area contributed by atoms with Gasteiger partial charge in [0.05, 0.1) is 10.8 Å². The number of hydrogen-bond donors (Lipinski definition) is 2. The maximum Gasteiger partial charge on any atom is 0.263 e. The monoisotopic (exact) mass is 375 g/mol. The van der Waals surface area contributed by atoms with Crippen LogP contribution in [0.25, 0.3) is 11.3 Å². The van der Waals surface area contributed by atoms with E-state index in [0.29, 0.717) is 16.8 Å². The number of anilines is 1. The number of aromatic nitrogens is 2. The van der Waals surface area contributed by atoms with Crippen molar-refractivity contribution in [2.45, 2.75) is 10.8 Å². The van der Waals surface area contributed by atoms with Gasteiger partial charge in [0.25, 0.3) is 15.6 Å². The van der Waals surface area contributed by atoms with Crippen LogP contribution in [0.5, 0.6) is 0 Å². The lowest BCUT2D eigenvalue weighted by Gasteiger charge is -2.08. The first-order valence-electron chi connectivity index (χ1n) is 7.32. The fraction of sp³-hybridized carbons (Fsp3) is 0.0588. The number of rotatable bonds is 5. The molecular formula is C17H14ClN3O3S. The van der Waals surface area contributed by atoms with Gasteiger partial charge in [-0.25, -0.2) is 13.4 Å². The van der Waals surface area contributed by atoms with E-state index in [2.05, 4.69) is 14.7 Å². The third kappa shape index (κ3) is 3.89. The summed E-state index contributed by atoms with van der Waals surface area (Å²) in [4.78, 5) is 18.6. The van der Waals surface area contributed by atoms with Gasteiger partial charge in [0, 0.05) is 17.5 Å². The van der Waals surface area contributed by atoms with E-state index in [1.807, 2.05) is 0 Å². The molecule has 6 nitrogen and oxygen atoms in total. The third-order valence-electron chi connectivity index (χ3n) is 3.51. The molecule has 2 aromatic heterocycles. The van der Waals surface area contributed by atoms with Crippen molar-refractivity contribution in [1.29, 1.82) is 0 Å². The van der Waals surface area contributed by atoms with Gasteiger partial charge in [0.1, 0.15) is 5.82 Å². The fourth-order valence-electron chi connectivity index (χ4n) is 2.21. The first-order valence-corrected chi connectivity index (χ1v) is 9.34. The highest BCUT2D eigenvalue weighted by atomic mass is 35.5. The average molecular weight is 376 g/mol. The zero-order valence-electron chi connectivity index (χ0n) is 12.9. The summed E-state index contributed by atoms with van der Waals surface area (Å²) in [5.41, 5.74) is 1.49. The van der Waals surface area contributed by atoms with Crippen LogP contribution in [0.15, 0.2) is 70.5 Å². The lowest BCUT2D eigenvalue weighted by atomic mass is 10.1. The highest BCUT2D eigenvalue weighted by molar-refractivity contribution is 7.92. The summed E-state index contributed by atoms with van der Waals surface area (Å²) in [6.45, 7) is 0. The van der Waals surface area contributed by atoms with Crippen LogP contribution in [0.1, 0.15) is 5.56 Å². The molecule has 0 bridgehead atoms. The van der Waals surface area contributed by atoms with E-state index in [0.717, 1.165) is 0 Å². The zero-order valence-corrected chi connectivity index (χ0v) is 14.5. The molecule has 0 aliphatic heterocycles. The van der Waals surface area contributed by atoms with Crippen LogP contribution in [0.4, 0.5) is 5.82 Å². The van der Waals surface area contributed by atoms with Crippen molar-refractivity contribution in [3.63, 3.8) is 0 Å². The van der Waals surface area contributed by atoms with Crippen LogP contribution >= 0.6 is 11.6 Å². The molecule has 0 spiro atoms. The van der Waals surface area contributed by atoms with Gasteiger partial charge >= 0.3 is 0 Å². The molecular weight excluding hydrogens is 362 g/mol. The predicted octanol–water partition coefficient (Wildman–Crippen LogP) is 2.98. The number of benzene rings is 1. The summed E-state index contributed by atoms with van der Waals surface area (Å²) in [5.74, 6) is 0.374. The second kappa shape index (κ2) is 7.08. The number of sulfonamides is 1. The van der Waals surface area contributed by atoms with Gasteiger partial charge in [0.15, 0.2) is 0 Å². The molecule has 0 aliphatic rings. The van der Waals surface area contributed by atoms with Crippen LogP contribution in [0.3, 0.4) is 0 Å². The summed E-state index contributed by atoms with van der Waals surface area (Å²) in [6, 6.07) is 14.5. The Labute approximate surface area is 149 Å². The van der Waals surface area contributed by atoms with E-state index >= 15 is 0 Å². The summed E-state index contributed by atoms with van der Waals surface area (Å²) >= 11 is 5.67. The minimum Gasteiger partial charge on any atom is -0.322 e. The smallest absolute Gasteiger partial charge is 0.263 e. The van der Waals surface area contributed by atoms with Gasteiger partial charge in [-0.15, -0.1) is 11.6 Å². The molecule has 0 saturated heterocycles. The van der Waals surface area contributed by atoms with Crippen molar-refractivity contribution in [3.05, 3.63) is 76.7 Å². The lowest BCUT2D eigenvalue weighted by Crippen LogP contribution is -2.14. The van der Waals surface area contributed by atoms with Gasteiger partial charge in [-0.3, -0.25) is 9.52 Å². The van der Waals surface area contributed by atoms with Crippen molar-refractivity contribution in [2.75, 3.05) is 4.72 Å². The van der Waals surface area contributed by atoms with Crippen molar-refractivity contribution in [3.8, 4) is 11.3 Å². The molecule has 0 aliphatic carbocycles. The van der Waals surface area contributed by atoms with Crippen LogP contribution < -0.4 is 10.3 Å². The lowest BCUT2D eigenvalue weighted by molar-refractivity contribution is 0.601. The van der Waals surface area contributed by atoms with E-state index in [4.69, 9.17) is 11.6 Å². The molecule has 3 rings (SSSR count). The number of halogens is 1. The number of nitrogens with one attached hydrogen (secondary N) is 2. The minimum absolute atomic E-state index is 0.0987. The fourth-order valence-corrected chi connectivity index (χ4v) is 3.43. The molecule has 2 heterocycles. The Morgan fingerprint density at radius 3 is 2.40 bits per heavy atom. The van der Waals surface area contributed by atoms with E-state index < -0.39 is 10.0 Å².